The minimum absolute atomic E-state index is 0.0115. The van der Waals surface area contributed by atoms with Gasteiger partial charge in [0.1, 0.15) is 6.04 Å². The Morgan fingerprint density at radius 3 is 2.62 bits per heavy atom. The second-order valence-electron chi connectivity index (χ2n) is 5.05. The maximum atomic E-state index is 11.9. The highest BCUT2D eigenvalue weighted by Crippen LogP contribution is 2.17. The molecule has 0 bridgehead atoms. The summed E-state index contributed by atoms with van der Waals surface area (Å²) in [6, 6.07) is 6.20. The van der Waals surface area contributed by atoms with Crippen molar-refractivity contribution in [3.05, 3.63) is 24.3 Å². The Morgan fingerprint density at radius 2 is 2.00 bits per heavy atom. The number of rotatable bonds is 6. The molecule has 0 saturated carbocycles. The van der Waals surface area contributed by atoms with E-state index in [1.807, 2.05) is 6.92 Å². The predicted octanol–water partition coefficient (Wildman–Crippen LogP) is 1.07. The first-order chi connectivity index (χ1) is 10.0. The maximum absolute atomic E-state index is 11.9. The Labute approximate surface area is 125 Å². The van der Waals surface area contributed by atoms with Crippen LogP contribution in [0.15, 0.2) is 29.2 Å². The molecule has 3 N–H and O–H groups in total. The summed E-state index contributed by atoms with van der Waals surface area (Å²) in [6.07, 6.45) is 2.47. The molecule has 0 radical (unpaired) electrons. The molecule has 0 aromatic heterocycles. The lowest BCUT2D eigenvalue weighted by Gasteiger charge is -2.23. The molecule has 1 atom stereocenters. The Balaban J connectivity index is 2.03. The fraction of sp³-hybridized carbons (Fsp3) is 0.500. The van der Waals surface area contributed by atoms with Crippen molar-refractivity contribution in [1.82, 2.24) is 10.0 Å². The summed E-state index contributed by atoms with van der Waals surface area (Å²) >= 11 is 0. The fourth-order valence-corrected chi connectivity index (χ4v) is 3.29. The van der Waals surface area contributed by atoms with Gasteiger partial charge >= 0.3 is 0 Å². The number of carbonyl (C=O) groups excluding carboxylic acids is 1. The van der Waals surface area contributed by atoms with Gasteiger partial charge in [-0.2, -0.15) is 0 Å². The quantitative estimate of drug-likeness (QED) is 0.733. The van der Waals surface area contributed by atoms with Gasteiger partial charge in [-0.15, -0.1) is 0 Å². The minimum Gasteiger partial charge on any atom is -0.374 e. The van der Waals surface area contributed by atoms with Crippen LogP contribution in [-0.4, -0.2) is 33.5 Å². The zero-order valence-electron chi connectivity index (χ0n) is 12.1. The van der Waals surface area contributed by atoms with Gasteiger partial charge in [-0.05, 0) is 43.5 Å². The molecular formula is C14H21N3O3S. The first-order valence-electron chi connectivity index (χ1n) is 7.17. The number of hydrogen-bond acceptors (Lipinski definition) is 4. The normalized spacial score (nSPS) is 19.1. The van der Waals surface area contributed by atoms with Crippen molar-refractivity contribution in [2.45, 2.75) is 37.1 Å². The van der Waals surface area contributed by atoms with Crippen LogP contribution < -0.4 is 15.4 Å². The van der Waals surface area contributed by atoms with Gasteiger partial charge in [0.25, 0.3) is 0 Å². The topological polar surface area (TPSA) is 87.3 Å². The summed E-state index contributed by atoms with van der Waals surface area (Å²) in [4.78, 5) is 11.9. The van der Waals surface area contributed by atoms with Crippen LogP contribution in [0.4, 0.5) is 5.69 Å². The van der Waals surface area contributed by atoms with E-state index >= 15 is 0 Å². The highest BCUT2D eigenvalue weighted by atomic mass is 32.2. The molecule has 1 unspecified atom stereocenters. The van der Waals surface area contributed by atoms with Gasteiger partial charge in [-0.25, -0.2) is 13.1 Å². The molecule has 1 heterocycles. The second kappa shape index (κ2) is 6.91. The molecule has 1 aliphatic rings. The van der Waals surface area contributed by atoms with E-state index in [-0.39, 0.29) is 16.8 Å². The Morgan fingerprint density at radius 1 is 1.29 bits per heavy atom. The van der Waals surface area contributed by atoms with Crippen LogP contribution in [0.25, 0.3) is 0 Å². The van der Waals surface area contributed by atoms with Gasteiger partial charge in [-0.1, -0.05) is 6.92 Å². The molecule has 1 fully saturated rings. The minimum atomic E-state index is -3.44. The molecule has 0 aliphatic carbocycles. The fourth-order valence-electron chi connectivity index (χ4n) is 2.16. The first kappa shape index (κ1) is 15.8. The molecule has 1 aromatic rings. The highest BCUT2D eigenvalue weighted by molar-refractivity contribution is 7.89. The number of piperidine rings is 1. The van der Waals surface area contributed by atoms with Crippen molar-refractivity contribution in [2.75, 3.05) is 18.4 Å². The molecular weight excluding hydrogens is 290 g/mol. The van der Waals surface area contributed by atoms with Gasteiger partial charge in [0.2, 0.25) is 15.9 Å². The summed E-state index contributed by atoms with van der Waals surface area (Å²) < 4.78 is 26.4. The zero-order valence-corrected chi connectivity index (χ0v) is 12.9. The van der Waals surface area contributed by atoms with E-state index in [1.54, 1.807) is 24.3 Å². The lowest BCUT2D eigenvalue weighted by atomic mass is 10.1. The van der Waals surface area contributed by atoms with Crippen molar-refractivity contribution in [3.63, 3.8) is 0 Å². The zero-order chi connectivity index (χ0) is 15.3. The van der Waals surface area contributed by atoms with Crippen molar-refractivity contribution in [1.29, 1.82) is 0 Å². The molecule has 21 heavy (non-hydrogen) atoms. The van der Waals surface area contributed by atoms with E-state index in [0.29, 0.717) is 6.54 Å². The molecule has 6 nitrogen and oxygen atoms in total. The van der Waals surface area contributed by atoms with Crippen molar-refractivity contribution in [2.24, 2.45) is 0 Å². The van der Waals surface area contributed by atoms with Gasteiger partial charge < -0.3 is 10.6 Å². The molecule has 1 aliphatic heterocycles. The van der Waals surface area contributed by atoms with Gasteiger partial charge in [0.15, 0.2) is 0 Å². The van der Waals surface area contributed by atoms with Crippen LogP contribution in [0.1, 0.15) is 26.2 Å². The molecule has 7 heteroatoms. The Kier molecular flexibility index (Phi) is 5.19. The smallest absolute Gasteiger partial charge is 0.242 e. The number of amides is 1. The predicted molar refractivity (Wildman–Crippen MR) is 81.6 cm³/mol. The number of benzene rings is 1. The second-order valence-corrected chi connectivity index (χ2v) is 6.82. The van der Waals surface area contributed by atoms with E-state index in [0.717, 1.165) is 31.5 Å². The van der Waals surface area contributed by atoms with E-state index in [4.69, 9.17) is 0 Å². The van der Waals surface area contributed by atoms with E-state index in [1.165, 1.54) is 0 Å². The lowest BCUT2D eigenvalue weighted by Crippen LogP contribution is -2.44. The first-order valence-corrected chi connectivity index (χ1v) is 8.65. The Hall–Kier alpha value is -1.60. The SMILES string of the molecule is CCCNS(=O)(=O)c1ccc(NC2CCCNC2=O)cc1. The summed E-state index contributed by atoms with van der Waals surface area (Å²) in [5.74, 6) is -0.0115. The molecule has 2 rings (SSSR count). The van der Waals surface area contributed by atoms with Crippen LogP contribution in [-0.2, 0) is 14.8 Å². The van der Waals surface area contributed by atoms with Crippen LogP contribution in [0, 0.1) is 0 Å². The van der Waals surface area contributed by atoms with Gasteiger partial charge in [0.05, 0.1) is 4.90 Å². The number of carbonyl (C=O) groups is 1. The van der Waals surface area contributed by atoms with Gasteiger partial charge in [0, 0.05) is 18.8 Å². The summed E-state index contributed by atoms with van der Waals surface area (Å²) in [6.45, 7) is 3.05. The molecule has 1 aromatic carbocycles. The van der Waals surface area contributed by atoms with Crippen molar-refractivity contribution in [3.8, 4) is 0 Å². The Bertz CT molecular complexity index is 584. The number of anilines is 1. The average Bonchev–Trinajstić information content (AvgIpc) is 2.48. The summed E-state index contributed by atoms with van der Waals surface area (Å²) in [5, 5.41) is 5.93. The largest absolute Gasteiger partial charge is 0.374 e. The monoisotopic (exact) mass is 311 g/mol. The standard InChI is InChI=1S/C14H21N3O3S/c1-2-9-16-21(19,20)12-7-5-11(6-8-12)17-13-4-3-10-15-14(13)18/h5-8,13,16-17H,2-4,9-10H2,1H3,(H,15,18). The summed E-state index contributed by atoms with van der Waals surface area (Å²) in [7, 11) is -3.44. The summed E-state index contributed by atoms with van der Waals surface area (Å²) in [5.41, 5.74) is 0.742. The number of sulfonamides is 1. The molecule has 116 valence electrons. The third-order valence-electron chi connectivity index (χ3n) is 3.33. The van der Waals surface area contributed by atoms with Gasteiger partial charge in [-0.3, -0.25) is 4.79 Å². The molecule has 0 spiro atoms. The molecule has 1 amide bonds. The van der Waals surface area contributed by atoms with Crippen LogP contribution in [0.3, 0.4) is 0 Å². The van der Waals surface area contributed by atoms with E-state index < -0.39 is 10.0 Å². The van der Waals surface area contributed by atoms with E-state index in [9.17, 15) is 13.2 Å². The van der Waals surface area contributed by atoms with Crippen molar-refractivity contribution >= 4 is 21.6 Å². The molecule has 1 saturated heterocycles. The number of hydrogen-bond donors (Lipinski definition) is 3. The average molecular weight is 311 g/mol. The lowest BCUT2D eigenvalue weighted by molar-refractivity contribution is -0.123. The van der Waals surface area contributed by atoms with Crippen LogP contribution in [0.2, 0.25) is 0 Å². The van der Waals surface area contributed by atoms with Crippen molar-refractivity contribution < 1.29 is 13.2 Å². The maximum Gasteiger partial charge on any atom is 0.242 e. The third-order valence-corrected chi connectivity index (χ3v) is 4.81. The number of nitrogens with one attached hydrogen (secondary N) is 3. The van der Waals surface area contributed by atoms with E-state index in [2.05, 4.69) is 15.4 Å². The van der Waals surface area contributed by atoms with Crippen LogP contribution >= 0.6 is 0 Å². The third kappa shape index (κ3) is 4.18. The highest BCUT2D eigenvalue weighted by Gasteiger charge is 2.21. The van der Waals surface area contributed by atoms with Crippen LogP contribution in [0.5, 0.6) is 0 Å².